The maximum atomic E-state index is 8.79. The summed E-state index contributed by atoms with van der Waals surface area (Å²) in [7, 11) is 0. The summed E-state index contributed by atoms with van der Waals surface area (Å²) in [4.78, 5) is 0. The molecular formula is C15H27N3OS. The van der Waals surface area contributed by atoms with E-state index in [2.05, 4.69) is 28.6 Å². The summed E-state index contributed by atoms with van der Waals surface area (Å²) in [5.41, 5.74) is 0. The van der Waals surface area contributed by atoms with Crippen molar-refractivity contribution >= 4 is 11.8 Å². The van der Waals surface area contributed by atoms with E-state index < -0.39 is 0 Å². The van der Waals surface area contributed by atoms with Crippen LogP contribution in [-0.4, -0.2) is 32.2 Å². The minimum atomic E-state index is 0.305. The predicted octanol–water partition coefficient (Wildman–Crippen LogP) is 3.59. The van der Waals surface area contributed by atoms with Crippen LogP contribution in [0.15, 0.2) is 5.16 Å². The maximum Gasteiger partial charge on any atom is 0.191 e. The lowest BCUT2D eigenvalue weighted by Crippen LogP contribution is -2.19. The number of aliphatic hydroxyl groups is 1. The van der Waals surface area contributed by atoms with Crippen molar-refractivity contribution in [3.63, 3.8) is 0 Å². The first-order valence-electron chi connectivity index (χ1n) is 7.87. The summed E-state index contributed by atoms with van der Waals surface area (Å²) in [6.07, 6.45) is 8.35. The maximum absolute atomic E-state index is 8.79. The molecule has 1 aromatic rings. The fourth-order valence-electron chi connectivity index (χ4n) is 3.06. The van der Waals surface area contributed by atoms with Crippen molar-refractivity contribution in [1.29, 1.82) is 0 Å². The van der Waals surface area contributed by atoms with E-state index in [-0.39, 0.29) is 0 Å². The van der Waals surface area contributed by atoms with Crippen LogP contribution in [0.5, 0.6) is 0 Å². The van der Waals surface area contributed by atoms with Crippen molar-refractivity contribution in [2.75, 3.05) is 12.4 Å². The Kier molecular flexibility index (Phi) is 6.36. The lowest BCUT2D eigenvalue weighted by Gasteiger charge is -2.29. The number of hydrogen-bond acceptors (Lipinski definition) is 4. The Labute approximate surface area is 126 Å². The van der Waals surface area contributed by atoms with Gasteiger partial charge in [0.25, 0.3) is 0 Å². The highest BCUT2D eigenvalue weighted by molar-refractivity contribution is 7.99. The molecule has 1 N–H and O–H groups in total. The van der Waals surface area contributed by atoms with Crippen LogP contribution in [0.3, 0.4) is 0 Å². The molecule has 0 aromatic carbocycles. The zero-order chi connectivity index (χ0) is 14.4. The molecular weight excluding hydrogens is 270 g/mol. The van der Waals surface area contributed by atoms with Crippen molar-refractivity contribution in [2.45, 2.75) is 70.0 Å². The molecule has 114 valence electrons. The molecule has 1 fully saturated rings. The van der Waals surface area contributed by atoms with E-state index in [9.17, 15) is 0 Å². The fourth-order valence-corrected chi connectivity index (χ4v) is 4.11. The van der Waals surface area contributed by atoms with Gasteiger partial charge in [-0.25, -0.2) is 0 Å². The molecule has 0 spiro atoms. The SMILES string of the molecule is Cc1nnc(SCCCCCO)n1C1CCCC(C)C1. The molecule has 0 aliphatic heterocycles. The van der Waals surface area contributed by atoms with Crippen LogP contribution in [0.25, 0.3) is 0 Å². The first-order chi connectivity index (χ1) is 9.72. The van der Waals surface area contributed by atoms with Gasteiger partial charge in [-0.1, -0.05) is 37.9 Å². The van der Waals surface area contributed by atoms with Gasteiger partial charge < -0.3 is 9.67 Å². The van der Waals surface area contributed by atoms with Crippen LogP contribution in [0, 0.1) is 12.8 Å². The van der Waals surface area contributed by atoms with Crippen molar-refractivity contribution in [1.82, 2.24) is 14.8 Å². The van der Waals surface area contributed by atoms with Gasteiger partial charge in [-0.15, -0.1) is 10.2 Å². The van der Waals surface area contributed by atoms with E-state index in [1.807, 2.05) is 11.8 Å². The molecule has 2 rings (SSSR count). The number of aromatic nitrogens is 3. The first-order valence-corrected chi connectivity index (χ1v) is 8.86. The van der Waals surface area contributed by atoms with Crippen LogP contribution in [0.1, 0.15) is 63.7 Å². The van der Waals surface area contributed by atoms with E-state index in [4.69, 9.17) is 5.11 Å². The monoisotopic (exact) mass is 297 g/mol. The normalized spacial score (nSPS) is 23.1. The van der Waals surface area contributed by atoms with E-state index >= 15 is 0 Å². The molecule has 0 radical (unpaired) electrons. The Balaban J connectivity index is 1.92. The fraction of sp³-hybridized carbons (Fsp3) is 0.867. The molecule has 20 heavy (non-hydrogen) atoms. The Morgan fingerprint density at radius 2 is 2.10 bits per heavy atom. The number of nitrogens with zero attached hydrogens (tertiary/aromatic N) is 3. The van der Waals surface area contributed by atoms with Gasteiger partial charge in [0.15, 0.2) is 5.16 Å². The minimum absolute atomic E-state index is 0.305. The summed E-state index contributed by atoms with van der Waals surface area (Å²) >= 11 is 1.82. The van der Waals surface area contributed by atoms with Gasteiger partial charge in [0.1, 0.15) is 5.82 Å². The summed E-state index contributed by atoms with van der Waals surface area (Å²) in [6.45, 7) is 4.73. The largest absolute Gasteiger partial charge is 0.396 e. The van der Waals surface area contributed by atoms with Crippen LogP contribution in [0.2, 0.25) is 0 Å². The quantitative estimate of drug-likeness (QED) is 0.617. The average molecular weight is 297 g/mol. The highest BCUT2D eigenvalue weighted by Crippen LogP contribution is 2.35. The van der Waals surface area contributed by atoms with Crippen LogP contribution in [0.4, 0.5) is 0 Å². The summed E-state index contributed by atoms with van der Waals surface area (Å²) < 4.78 is 2.37. The molecule has 1 aromatic heterocycles. The second-order valence-electron chi connectivity index (χ2n) is 5.96. The lowest BCUT2D eigenvalue weighted by atomic mass is 9.87. The zero-order valence-corrected chi connectivity index (χ0v) is 13.5. The van der Waals surface area contributed by atoms with E-state index in [1.165, 1.54) is 25.7 Å². The second-order valence-corrected chi connectivity index (χ2v) is 7.02. The summed E-state index contributed by atoms with van der Waals surface area (Å²) in [5, 5.41) is 18.5. The smallest absolute Gasteiger partial charge is 0.191 e. The molecule has 4 nitrogen and oxygen atoms in total. The van der Waals surface area contributed by atoms with Gasteiger partial charge >= 0.3 is 0 Å². The van der Waals surface area contributed by atoms with Crippen molar-refractivity contribution in [3.8, 4) is 0 Å². The standard InChI is InChI=1S/C15H27N3OS/c1-12-7-6-8-14(11-12)18-13(2)16-17-15(18)20-10-5-3-4-9-19/h12,14,19H,3-11H2,1-2H3. The van der Waals surface area contributed by atoms with Crippen LogP contribution >= 0.6 is 11.8 Å². The second kappa shape index (κ2) is 8.03. The first kappa shape index (κ1) is 15.8. The minimum Gasteiger partial charge on any atom is -0.396 e. The van der Waals surface area contributed by atoms with Crippen molar-refractivity contribution in [2.24, 2.45) is 5.92 Å². The molecule has 1 aliphatic rings. The van der Waals surface area contributed by atoms with Gasteiger partial charge in [-0.3, -0.25) is 0 Å². The number of hydrogen-bond donors (Lipinski definition) is 1. The molecule has 5 heteroatoms. The highest BCUT2D eigenvalue weighted by atomic mass is 32.2. The molecule has 1 heterocycles. The Morgan fingerprint density at radius 1 is 1.25 bits per heavy atom. The van der Waals surface area contributed by atoms with Gasteiger partial charge in [0, 0.05) is 18.4 Å². The zero-order valence-electron chi connectivity index (χ0n) is 12.7. The molecule has 1 aliphatic carbocycles. The van der Waals surface area contributed by atoms with Crippen molar-refractivity contribution < 1.29 is 5.11 Å². The molecule has 0 saturated heterocycles. The third-order valence-corrected chi connectivity index (χ3v) is 5.17. The topological polar surface area (TPSA) is 50.9 Å². The number of aryl methyl sites for hydroxylation is 1. The molecule has 2 unspecified atom stereocenters. The Hall–Kier alpha value is -0.550. The molecule has 0 amide bonds. The van der Waals surface area contributed by atoms with Gasteiger partial charge in [0.05, 0.1) is 0 Å². The highest BCUT2D eigenvalue weighted by Gasteiger charge is 2.24. The Morgan fingerprint density at radius 3 is 2.85 bits per heavy atom. The third kappa shape index (κ3) is 4.22. The number of thioether (sulfide) groups is 1. The average Bonchev–Trinajstić information content (AvgIpc) is 2.80. The van der Waals surface area contributed by atoms with E-state index in [1.54, 1.807) is 0 Å². The lowest BCUT2D eigenvalue weighted by molar-refractivity contribution is 0.268. The third-order valence-electron chi connectivity index (χ3n) is 4.14. The molecule has 0 bridgehead atoms. The molecule has 2 atom stereocenters. The summed E-state index contributed by atoms with van der Waals surface area (Å²) in [5.74, 6) is 2.94. The van der Waals surface area contributed by atoms with Gasteiger partial charge in [0.2, 0.25) is 0 Å². The van der Waals surface area contributed by atoms with Crippen LogP contribution in [-0.2, 0) is 0 Å². The van der Waals surface area contributed by atoms with Crippen LogP contribution < -0.4 is 0 Å². The van der Waals surface area contributed by atoms with Gasteiger partial charge in [-0.2, -0.15) is 0 Å². The van der Waals surface area contributed by atoms with Crippen molar-refractivity contribution in [3.05, 3.63) is 5.82 Å². The predicted molar refractivity (Wildman–Crippen MR) is 83.1 cm³/mol. The number of unbranched alkanes of at least 4 members (excludes halogenated alkanes) is 2. The van der Waals surface area contributed by atoms with E-state index in [0.717, 1.165) is 41.9 Å². The van der Waals surface area contributed by atoms with E-state index in [0.29, 0.717) is 12.6 Å². The van der Waals surface area contributed by atoms with Gasteiger partial charge in [-0.05, 0) is 38.5 Å². The molecule has 1 saturated carbocycles. The number of aliphatic hydroxyl groups excluding tert-OH is 1. The summed E-state index contributed by atoms with van der Waals surface area (Å²) in [6, 6.07) is 0.591. The Bertz CT molecular complexity index is 408. The number of rotatable bonds is 7.